The molecule has 0 saturated heterocycles. The van der Waals surface area contributed by atoms with Crippen LogP contribution < -0.4 is 4.90 Å². The van der Waals surface area contributed by atoms with Gasteiger partial charge in [0.25, 0.3) is 0 Å². The van der Waals surface area contributed by atoms with E-state index in [-0.39, 0.29) is 0 Å². The van der Waals surface area contributed by atoms with Gasteiger partial charge in [0.05, 0.1) is 29.8 Å². The van der Waals surface area contributed by atoms with E-state index < -0.39 is 0 Å². The van der Waals surface area contributed by atoms with Crippen LogP contribution in [0.3, 0.4) is 0 Å². The van der Waals surface area contributed by atoms with Gasteiger partial charge in [-0.25, -0.2) is 4.98 Å². The largest absolute Gasteiger partial charge is 0.376 e. The second-order valence-corrected chi connectivity index (χ2v) is 7.88. The van der Waals surface area contributed by atoms with E-state index in [1.165, 1.54) is 0 Å². The summed E-state index contributed by atoms with van der Waals surface area (Å²) in [5.74, 6) is 0.600. The first-order chi connectivity index (χ1) is 14.0. The third kappa shape index (κ3) is 9.47. The molecular formula is C22H34N6S. The summed E-state index contributed by atoms with van der Waals surface area (Å²) in [6, 6.07) is 2.13. The van der Waals surface area contributed by atoms with E-state index in [1.54, 1.807) is 30.1 Å². The van der Waals surface area contributed by atoms with Crippen molar-refractivity contribution in [3.63, 3.8) is 0 Å². The number of aryl methyl sites for hydroxylation is 1. The highest BCUT2D eigenvalue weighted by Crippen LogP contribution is 2.27. The Bertz CT molecular complexity index is 808. The Labute approximate surface area is 179 Å². The van der Waals surface area contributed by atoms with Crippen molar-refractivity contribution in [2.24, 2.45) is 10.9 Å². The lowest BCUT2D eigenvalue weighted by molar-refractivity contribution is 0.635. The molecule has 6 nitrogen and oxygen atoms in total. The van der Waals surface area contributed by atoms with E-state index >= 15 is 0 Å². The number of imidazole rings is 1. The standard InChI is InChI=1S/C16H23N5.C4H5NS.C2H6/c1-13(2)9-14-10-16(20(3)4)15(11-19-14)18-6-8-21-7-5-17-12-21;1-4-5-2-3-6-4;1-2/h5-7,10-13H,8-9H2,1-4H3;2-3H,1H3;1-2H3. The molecule has 0 atom stereocenters. The maximum atomic E-state index is 4.54. The van der Waals surface area contributed by atoms with Crippen LogP contribution in [0.4, 0.5) is 11.4 Å². The van der Waals surface area contributed by atoms with Gasteiger partial charge in [0, 0.05) is 50.0 Å². The van der Waals surface area contributed by atoms with Crippen molar-refractivity contribution >= 4 is 28.9 Å². The number of aromatic nitrogens is 4. The molecule has 7 heteroatoms. The van der Waals surface area contributed by atoms with Crippen molar-refractivity contribution in [3.8, 4) is 0 Å². The highest BCUT2D eigenvalue weighted by Gasteiger charge is 2.07. The molecule has 158 valence electrons. The minimum atomic E-state index is 0.600. The van der Waals surface area contributed by atoms with Crippen LogP contribution in [0.1, 0.15) is 38.4 Å². The molecule has 3 heterocycles. The molecule has 0 unspecified atom stereocenters. The fourth-order valence-electron chi connectivity index (χ4n) is 2.39. The quantitative estimate of drug-likeness (QED) is 0.505. The number of hydrogen-bond donors (Lipinski definition) is 0. The summed E-state index contributed by atoms with van der Waals surface area (Å²) in [5.41, 5.74) is 3.11. The first-order valence-corrected chi connectivity index (χ1v) is 10.8. The van der Waals surface area contributed by atoms with Crippen molar-refractivity contribution in [3.05, 3.63) is 53.3 Å². The number of aliphatic imine (C=N–C) groups is 1. The van der Waals surface area contributed by atoms with Gasteiger partial charge in [-0.3, -0.25) is 15.0 Å². The number of thiazole rings is 1. The van der Waals surface area contributed by atoms with Crippen LogP contribution in [0.25, 0.3) is 0 Å². The molecule has 3 rings (SSSR count). The zero-order chi connectivity index (χ0) is 21.6. The Kier molecular flexibility index (Phi) is 11.5. The lowest BCUT2D eigenvalue weighted by atomic mass is 10.1. The van der Waals surface area contributed by atoms with Gasteiger partial charge in [0.15, 0.2) is 0 Å². The van der Waals surface area contributed by atoms with Crippen molar-refractivity contribution in [2.75, 3.05) is 19.0 Å². The molecule has 3 aromatic rings. The third-order valence-electron chi connectivity index (χ3n) is 3.66. The smallest absolute Gasteiger partial charge is 0.104 e. The fraction of sp³-hybridized carbons (Fsp3) is 0.455. The third-order valence-corrected chi connectivity index (χ3v) is 4.36. The first-order valence-electron chi connectivity index (χ1n) is 9.96. The lowest BCUT2D eigenvalue weighted by Gasteiger charge is -2.16. The minimum absolute atomic E-state index is 0.600. The van der Waals surface area contributed by atoms with E-state index in [1.807, 2.05) is 63.4 Å². The zero-order valence-corrected chi connectivity index (χ0v) is 19.5. The number of pyridine rings is 1. The van der Waals surface area contributed by atoms with E-state index in [2.05, 4.69) is 44.8 Å². The van der Waals surface area contributed by atoms with Gasteiger partial charge in [-0.2, -0.15) is 0 Å². The molecule has 0 radical (unpaired) electrons. The summed E-state index contributed by atoms with van der Waals surface area (Å²) in [6.45, 7) is 11.1. The van der Waals surface area contributed by atoms with Crippen molar-refractivity contribution in [1.82, 2.24) is 19.5 Å². The highest BCUT2D eigenvalue weighted by atomic mass is 32.1. The predicted molar refractivity (Wildman–Crippen MR) is 126 cm³/mol. The van der Waals surface area contributed by atoms with Crippen molar-refractivity contribution < 1.29 is 0 Å². The van der Waals surface area contributed by atoms with Crippen molar-refractivity contribution in [1.29, 1.82) is 0 Å². The molecule has 0 bridgehead atoms. The lowest BCUT2D eigenvalue weighted by Crippen LogP contribution is -2.10. The average molecular weight is 415 g/mol. The highest BCUT2D eigenvalue weighted by molar-refractivity contribution is 7.09. The molecule has 0 amide bonds. The van der Waals surface area contributed by atoms with Gasteiger partial charge >= 0.3 is 0 Å². The van der Waals surface area contributed by atoms with Crippen LogP contribution in [0.5, 0.6) is 0 Å². The van der Waals surface area contributed by atoms with Crippen LogP contribution in [0, 0.1) is 12.8 Å². The Balaban J connectivity index is 0.000000442. The second kappa shape index (κ2) is 13.6. The number of anilines is 1. The molecule has 0 spiro atoms. The molecule has 0 aliphatic carbocycles. The first kappa shape index (κ1) is 24.5. The normalized spacial score (nSPS) is 10.3. The number of nitrogens with zero attached hydrogens (tertiary/aromatic N) is 6. The summed E-state index contributed by atoms with van der Waals surface area (Å²) < 4.78 is 1.97. The van der Waals surface area contributed by atoms with Gasteiger partial charge in [-0.1, -0.05) is 27.7 Å². The summed E-state index contributed by atoms with van der Waals surface area (Å²) in [5, 5.41) is 3.10. The summed E-state index contributed by atoms with van der Waals surface area (Å²) in [6.07, 6.45) is 12.0. The molecule has 0 fully saturated rings. The van der Waals surface area contributed by atoms with Gasteiger partial charge in [-0.15, -0.1) is 11.3 Å². The van der Waals surface area contributed by atoms with Gasteiger partial charge in [-0.05, 0) is 25.3 Å². The topological polar surface area (TPSA) is 59.2 Å². The Morgan fingerprint density at radius 3 is 2.45 bits per heavy atom. The number of hydrogen-bond acceptors (Lipinski definition) is 6. The molecule has 0 aliphatic heterocycles. The van der Waals surface area contributed by atoms with Crippen LogP contribution >= 0.6 is 11.3 Å². The number of rotatable bonds is 6. The van der Waals surface area contributed by atoms with E-state index in [0.717, 1.165) is 28.5 Å². The summed E-state index contributed by atoms with van der Waals surface area (Å²) >= 11 is 1.67. The molecular weight excluding hydrogens is 380 g/mol. The molecule has 0 aromatic carbocycles. The zero-order valence-electron chi connectivity index (χ0n) is 18.7. The van der Waals surface area contributed by atoms with Crippen LogP contribution in [0.2, 0.25) is 0 Å². The molecule has 0 N–H and O–H groups in total. The summed E-state index contributed by atoms with van der Waals surface area (Å²) in [4.78, 5) is 19.1. The van der Waals surface area contributed by atoms with E-state index in [0.29, 0.717) is 12.5 Å². The maximum absolute atomic E-state index is 4.54. The molecule has 0 aliphatic rings. The van der Waals surface area contributed by atoms with Gasteiger partial charge in [0.1, 0.15) is 5.69 Å². The molecule has 3 aromatic heterocycles. The van der Waals surface area contributed by atoms with Crippen LogP contribution in [-0.2, 0) is 13.0 Å². The Morgan fingerprint density at radius 1 is 1.21 bits per heavy atom. The van der Waals surface area contributed by atoms with Gasteiger partial charge in [0.2, 0.25) is 0 Å². The SMILES string of the molecule is CC.CC(C)Cc1cc(N(C)C)c(N=CCn2ccnc2)cn1.Cc1nccs1. The average Bonchev–Trinajstić information content (AvgIpc) is 3.38. The predicted octanol–water partition coefficient (Wildman–Crippen LogP) is 5.42. The van der Waals surface area contributed by atoms with E-state index in [9.17, 15) is 0 Å². The maximum Gasteiger partial charge on any atom is 0.104 e. The van der Waals surface area contributed by atoms with Crippen molar-refractivity contribution in [2.45, 2.75) is 47.6 Å². The fourth-order valence-corrected chi connectivity index (χ4v) is 2.83. The summed E-state index contributed by atoms with van der Waals surface area (Å²) in [7, 11) is 4.06. The Morgan fingerprint density at radius 2 is 1.97 bits per heavy atom. The monoisotopic (exact) mass is 414 g/mol. The van der Waals surface area contributed by atoms with Crippen LogP contribution in [0.15, 0.2) is 47.6 Å². The minimum Gasteiger partial charge on any atom is -0.376 e. The second-order valence-electron chi connectivity index (χ2n) is 6.78. The molecule has 0 saturated carbocycles. The van der Waals surface area contributed by atoms with Crippen LogP contribution in [-0.4, -0.2) is 39.8 Å². The molecule has 29 heavy (non-hydrogen) atoms. The van der Waals surface area contributed by atoms with E-state index in [4.69, 9.17) is 0 Å². The Hall–Kier alpha value is -2.54. The van der Waals surface area contributed by atoms with Gasteiger partial charge < -0.3 is 9.47 Å².